The van der Waals surface area contributed by atoms with Crippen molar-refractivity contribution < 1.29 is 9.13 Å². The van der Waals surface area contributed by atoms with Crippen molar-refractivity contribution in [1.82, 2.24) is 24.6 Å². The second-order valence-corrected chi connectivity index (χ2v) is 8.49. The van der Waals surface area contributed by atoms with Crippen LogP contribution in [0.1, 0.15) is 47.4 Å². The van der Waals surface area contributed by atoms with E-state index in [2.05, 4.69) is 15.2 Å². The van der Waals surface area contributed by atoms with Gasteiger partial charge >= 0.3 is 0 Å². The normalized spacial score (nSPS) is 18.9. The Balaban J connectivity index is 1.75. The number of aromatic nitrogens is 5. The molecule has 5 rings (SSSR count). The van der Waals surface area contributed by atoms with Crippen molar-refractivity contribution in [2.24, 2.45) is 0 Å². The van der Waals surface area contributed by atoms with Crippen LogP contribution in [-0.4, -0.2) is 31.2 Å². The van der Waals surface area contributed by atoms with Crippen LogP contribution in [0.2, 0.25) is 5.02 Å². The van der Waals surface area contributed by atoms with E-state index in [4.69, 9.17) is 21.3 Å². The molecule has 1 saturated heterocycles. The minimum Gasteiger partial charge on any atom is -0.373 e. The number of fused-ring (bicyclic) bond motifs is 1. The van der Waals surface area contributed by atoms with Crippen molar-refractivity contribution in [3.63, 3.8) is 0 Å². The number of hydrogen-bond donors (Lipinski definition) is 1. The minimum absolute atomic E-state index is 0.0494. The van der Waals surface area contributed by atoms with Gasteiger partial charge in [0.15, 0.2) is 5.65 Å². The van der Waals surface area contributed by atoms with Gasteiger partial charge in [0.25, 0.3) is 5.56 Å². The highest BCUT2D eigenvalue weighted by Gasteiger charge is 2.30. The molecule has 0 saturated carbocycles. The van der Waals surface area contributed by atoms with Crippen molar-refractivity contribution in [2.75, 3.05) is 6.61 Å². The van der Waals surface area contributed by atoms with Gasteiger partial charge in [-0.05, 0) is 44.9 Å². The van der Waals surface area contributed by atoms with E-state index in [0.29, 0.717) is 47.7 Å². The smallest absolute Gasteiger partial charge is 0.261 e. The molecule has 1 aliphatic rings. The molecule has 0 aliphatic carbocycles. The maximum absolute atomic E-state index is 15.1. The van der Waals surface area contributed by atoms with Crippen LogP contribution in [0.15, 0.2) is 41.6 Å². The van der Waals surface area contributed by atoms with Crippen molar-refractivity contribution in [3.05, 3.63) is 80.5 Å². The lowest BCUT2D eigenvalue weighted by atomic mass is 9.87. The number of hydrogen-bond acceptors (Lipinski definition) is 5. The molecular weight excluding hydrogens is 433 g/mol. The second-order valence-electron chi connectivity index (χ2n) is 8.05. The molecule has 1 fully saturated rings. The summed E-state index contributed by atoms with van der Waals surface area (Å²) >= 11 is 6.00. The minimum atomic E-state index is -0.517. The topological polar surface area (TPSA) is 85.2 Å². The van der Waals surface area contributed by atoms with E-state index in [-0.39, 0.29) is 28.2 Å². The van der Waals surface area contributed by atoms with Crippen LogP contribution in [0.25, 0.3) is 16.9 Å². The van der Waals surface area contributed by atoms with Crippen LogP contribution < -0.4 is 5.56 Å². The van der Waals surface area contributed by atoms with Gasteiger partial charge in [-0.25, -0.2) is 9.37 Å². The summed E-state index contributed by atoms with van der Waals surface area (Å²) < 4.78 is 22.6. The molecule has 0 unspecified atom stereocenters. The van der Waals surface area contributed by atoms with Gasteiger partial charge in [-0.3, -0.25) is 19.3 Å². The third-order valence-corrected chi connectivity index (χ3v) is 6.35. The predicted molar refractivity (Wildman–Crippen MR) is 118 cm³/mol. The van der Waals surface area contributed by atoms with Crippen LogP contribution >= 0.6 is 11.6 Å². The van der Waals surface area contributed by atoms with E-state index in [1.807, 2.05) is 0 Å². The summed E-state index contributed by atoms with van der Waals surface area (Å²) in [5.74, 6) is -0.566. The molecule has 0 radical (unpaired) electrons. The lowest BCUT2D eigenvalue weighted by Crippen LogP contribution is -2.25. The number of aryl methyl sites for hydroxylation is 1. The molecule has 0 spiro atoms. The SMILES string of the molecule is Cc1nc2cnc([C@H]3CCO[C@@H](c4cn[nH]c4)C3)c(-c3ccc(Cl)cc3F)n2c(=O)c1C. The largest absolute Gasteiger partial charge is 0.373 e. The summed E-state index contributed by atoms with van der Waals surface area (Å²) in [4.78, 5) is 22.5. The fourth-order valence-corrected chi connectivity index (χ4v) is 4.45. The highest BCUT2D eigenvalue weighted by Crippen LogP contribution is 2.40. The first kappa shape index (κ1) is 20.8. The van der Waals surface area contributed by atoms with Gasteiger partial charge < -0.3 is 4.74 Å². The Morgan fingerprint density at radius 3 is 2.88 bits per heavy atom. The highest BCUT2D eigenvalue weighted by atomic mass is 35.5. The quantitative estimate of drug-likeness (QED) is 0.492. The van der Waals surface area contributed by atoms with Gasteiger partial charge in [-0.2, -0.15) is 5.10 Å². The standard InChI is InChI=1S/C23H21ClFN5O2/c1-12-13(2)29-20-11-26-21(14-5-6-32-19(7-14)15-9-27-28-10-15)22(30(20)23(12)31)17-4-3-16(24)8-18(17)25/h3-4,8-11,14,19H,5-7H2,1-2H3,(H,27,28)/t14-,19+/m0/s1. The number of aromatic amines is 1. The number of benzene rings is 1. The maximum atomic E-state index is 15.1. The average molecular weight is 454 g/mol. The molecule has 0 bridgehead atoms. The summed E-state index contributed by atoms with van der Waals surface area (Å²) in [5.41, 5.74) is 3.54. The van der Waals surface area contributed by atoms with Crippen LogP contribution in [0.4, 0.5) is 4.39 Å². The van der Waals surface area contributed by atoms with E-state index < -0.39 is 5.82 Å². The van der Waals surface area contributed by atoms with E-state index in [1.165, 1.54) is 10.5 Å². The Kier molecular flexibility index (Phi) is 5.27. The zero-order valence-corrected chi connectivity index (χ0v) is 18.4. The number of nitrogens with one attached hydrogen (secondary N) is 1. The second kappa shape index (κ2) is 8.11. The zero-order valence-electron chi connectivity index (χ0n) is 17.6. The molecule has 164 valence electrons. The van der Waals surface area contributed by atoms with Crippen LogP contribution in [0.3, 0.4) is 0 Å². The molecule has 1 N–H and O–H groups in total. The van der Waals surface area contributed by atoms with E-state index in [1.54, 1.807) is 44.6 Å². The third kappa shape index (κ3) is 3.49. The van der Waals surface area contributed by atoms with Crippen LogP contribution in [0.5, 0.6) is 0 Å². The molecule has 1 aliphatic heterocycles. The maximum Gasteiger partial charge on any atom is 0.261 e. The van der Waals surface area contributed by atoms with E-state index >= 15 is 4.39 Å². The average Bonchev–Trinajstić information content (AvgIpc) is 3.32. The monoisotopic (exact) mass is 453 g/mol. The molecule has 32 heavy (non-hydrogen) atoms. The summed E-state index contributed by atoms with van der Waals surface area (Å²) in [6.45, 7) is 4.02. The lowest BCUT2D eigenvalue weighted by molar-refractivity contribution is 0.00470. The highest BCUT2D eigenvalue weighted by molar-refractivity contribution is 6.30. The number of halogens is 2. The Labute approximate surface area is 188 Å². The van der Waals surface area contributed by atoms with Crippen LogP contribution in [-0.2, 0) is 4.74 Å². The fraction of sp³-hybridized carbons (Fsp3) is 0.304. The molecule has 2 atom stereocenters. The van der Waals surface area contributed by atoms with Gasteiger partial charge in [0.2, 0.25) is 0 Å². The first-order valence-corrected chi connectivity index (χ1v) is 10.8. The van der Waals surface area contributed by atoms with Gasteiger partial charge in [-0.15, -0.1) is 0 Å². The molecule has 7 nitrogen and oxygen atoms in total. The van der Waals surface area contributed by atoms with Crippen LogP contribution in [0, 0.1) is 19.7 Å². The molecule has 3 aromatic heterocycles. The Morgan fingerprint density at radius 2 is 2.12 bits per heavy atom. The Hall–Kier alpha value is -3.10. The Bertz CT molecular complexity index is 1370. The van der Waals surface area contributed by atoms with E-state index in [0.717, 1.165) is 5.56 Å². The van der Waals surface area contributed by atoms with E-state index in [9.17, 15) is 4.79 Å². The molecule has 9 heteroatoms. The zero-order chi connectivity index (χ0) is 22.4. The third-order valence-electron chi connectivity index (χ3n) is 6.11. The van der Waals surface area contributed by atoms with Crippen molar-refractivity contribution in [2.45, 2.75) is 38.7 Å². The summed E-state index contributed by atoms with van der Waals surface area (Å²) in [5, 5.41) is 7.11. The number of H-pyrrole nitrogens is 1. The summed E-state index contributed by atoms with van der Waals surface area (Å²) in [6, 6.07) is 4.45. The van der Waals surface area contributed by atoms with Gasteiger partial charge in [-0.1, -0.05) is 11.6 Å². The Morgan fingerprint density at radius 1 is 1.28 bits per heavy atom. The van der Waals surface area contributed by atoms with Gasteiger partial charge in [0.1, 0.15) is 5.82 Å². The first-order chi connectivity index (χ1) is 15.4. The van der Waals surface area contributed by atoms with Crippen molar-refractivity contribution >= 4 is 17.2 Å². The van der Waals surface area contributed by atoms with Crippen molar-refractivity contribution in [1.29, 1.82) is 0 Å². The van der Waals surface area contributed by atoms with Gasteiger partial charge in [0, 0.05) is 46.1 Å². The number of rotatable bonds is 3. The molecule has 0 amide bonds. The molecule has 4 aromatic rings. The van der Waals surface area contributed by atoms with Gasteiger partial charge in [0.05, 0.1) is 29.9 Å². The van der Waals surface area contributed by atoms with Crippen molar-refractivity contribution in [3.8, 4) is 11.3 Å². The molecule has 1 aromatic carbocycles. The lowest BCUT2D eigenvalue weighted by Gasteiger charge is -2.30. The number of nitrogens with zero attached hydrogens (tertiary/aromatic N) is 4. The predicted octanol–water partition coefficient (Wildman–Crippen LogP) is 4.52. The first-order valence-electron chi connectivity index (χ1n) is 10.4. The summed E-state index contributed by atoms with van der Waals surface area (Å²) in [7, 11) is 0. The molecular formula is C23H21ClFN5O2. The molecule has 4 heterocycles. The number of ether oxygens (including phenoxy) is 1. The summed E-state index contributed by atoms with van der Waals surface area (Å²) in [6.07, 6.45) is 6.29. The fourth-order valence-electron chi connectivity index (χ4n) is 4.29.